The van der Waals surface area contributed by atoms with Crippen molar-refractivity contribution < 1.29 is 14.2 Å². The SMILES string of the molecule is COc1cc([C@H]2CC(=S)Nc3ccccc3S2)cc(OC)c1OC. The Kier molecular flexibility index (Phi) is 5.16. The van der Waals surface area contributed by atoms with E-state index in [9.17, 15) is 0 Å². The lowest BCUT2D eigenvalue weighted by Crippen LogP contribution is -2.10. The molecule has 2 aromatic rings. The van der Waals surface area contributed by atoms with Crippen molar-refractivity contribution >= 4 is 34.7 Å². The highest BCUT2D eigenvalue weighted by Gasteiger charge is 2.24. The average molecular weight is 361 g/mol. The molecule has 1 atom stereocenters. The predicted molar refractivity (Wildman–Crippen MR) is 102 cm³/mol. The zero-order valence-corrected chi connectivity index (χ0v) is 15.4. The topological polar surface area (TPSA) is 39.7 Å². The molecule has 0 amide bonds. The molecule has 0 bridgehead atoms. The van der Waals surface area contributed by atoms with Gasteiger partial charge in [-0.05, 0) is 29.8 Å². The molecule has 0 fully saturated rings. The van der Waals surface area contributed by atoms with E-state index in [0.29, 0.717) is 17.2 Å². The summed E-state index contributed by atoms with van der Waals surface area (Å²) >= 11 is 7.29. The van der Waals surface area contributed by atoms with E-state index in [-0.39, 0.29) is 5.25 Å². The Morgan fingerprint density at radius 2 is 1.71 bits per heavy atom. The van der Waals surface area contributed by atoms with Crippen LogP contribution in [0.5, 0.6) is 17.2 Å². The first-order chi connectivity index (χ1) is 11.7. The van der Waals surface area contributed by atoms with Gasteiger partial charge in [-0.25, -0.2) is 0 Å². The number of benzene rings is 2. The van der Waals surface area contributed by atoms with E-state index in [2.05, 4.69) is 11.4 Å². The quantitative estimate of drug-likeness (QED) is 0.797. The highest BCUT2D eigenvalue weighted by Crippen LogP contribution is 2.47. The number of thioether (sulfide) groups is 1. The molecule has 0 unspecified atom stereocenters. The Morgan fingerprint density at radius 1 is 1.04 bits per heavy atom. The Hall–Kier alpha value is -1.92. The van der Waals surface area contributed by atoms with E-state index >= 15 is 0 Å². The summed E-state index contributed by atoms with van der Waals surface area (Å²) in [5, 5.41) is 3.49. The van der Waals surface area contributed by atoms with Crippen LogP contribution in [-0.2, 0) is 0 Å². The minimum Gasteiger partial charge on any atom is -0.493 e. The monoisotopic (exact) mass is 361 g/mol. The van der Waals surface area contributed by atoms with E-state index in [1.165, 1.54) is 4.90 Å². The molecule has 24 heavy (non-hydrogen) atoms. The van der Waals surface area contributed by atoms with Crippen LogP contribution in [0.15, 0.2) is 41.3 Å². The molecule has 1 heterocycles. The second kappa shape index (κ2) is 7.32. The lowest BCUT2D eigenvalue weighted by Gasteiger charge is -2.19. The first-order valence-electron chi connectivity index (χ1n) is 7.51. The maximum absolute atomic E-state index is 5.51. The Morgan fingerprint density at radius 3 is 2.33 bits per heavy atom. The lowest BCUT2D eigenvalue weighted by molar-refractivity contribution is 0.324. The van der Waals surface area contributed by atoms with Crippen LogP contribution < -0.4 is 19.5 Å². The molecular weight excluding hydrogens is 342 g/mol. The van der Waals surface area contributed by atoms with Gasteiger partial charge in [0.25, 0.3) is 0 Å². The van der Waals surface area contributed by atoms with E-state index in [1.807, 2.05) is 30.3 Å². The fourth-order valence-corrected chi connectivity index (χ4v) is 4.32. The van der Waals surface area contributed by atoms with Gasteiger partial charge in [0, 0.05) is 16.6 Å². The van der Waals surface area contributed by atoms with Gasteiger partial charge in [-0.15, -0.1) is 11.8 Å². The van der Waals surface area contributed by atoms with Crippen LogP contribution in [0, 0.1) is 0 Å². The minimum absolute atomic E-state index is 0.169. The molecule has 0 saturated carbocycles. The maximum Gasteiger partial charge on any atom is 0.203 e. The normalized spacial score (nSPS) is 16.6. The number of thiocarbonyl (C=S) groups is 1. The molecule has 0 aromatic heterocycles. The van der Waals surface area contributed by atoms with Crippen LogP contribution in [0.2, 0.25) is 0 Å². The zero-order valence-electron chi connectivity index (χ0n) is 13.8. The largest absolute Gasteiger partial charge is 0.493 e. The number of rotatable bonds is 4. The molecule has 1 aliphatic rings. The summed E-state index contributed by atoms with van der Waals surface area (Å²) in [5.41, 5.74) is 2.15. The number of nitrogens with one attached hydrogen (secondary N) is 1. The predicted octanol–water partition coefficient (Wildman–Crippen LogP) is 4.69. The maximum atomic E-state index is 5.51. The Labute approximate surface area is 151 Å². The summed E-state index contributed by atoms with van der Waals surface area (Å²) in [7, 11) is 4.86. The standard InChI is InChI=1S/C18H19NO3S2/c1-20-13-8-11(9-14(21-2)18(13)22-3)16-10-17(23)19-12-6-4-5-7-15(12)24-16/h4-9,16H,10H2,1-3H3,(H,19,23)/t16-/m1/s1. The van der Waals surface area contributed by atoms with Crippen molar-refractivity contribution in [3.8, 4) is 17.2 Å². The second-order valence-electron chi connectivity index (χ2n) is 5.31. The molecule has 4 nitrogen and oxygen atoms in total. The van der Waals surface area contributed by atoms with E-state index in [1.54, 1.807) is 33.1 Å². The molecule has 0 aliphatic carbocycles. The fraction of sp³-hybridized carbons (Fsp3) is 0.278. The smallest absolute Gasteiger partial charge is 0.203 e. The van der Waals surface area contributed by atoms with Crippen LogP contribution in [0.1, 0.15) is 17.2 Å². The van der Waals surface area contributed by atoms with Crippen molar-refractivity contribution in [2.75, 3.05) is 26.6 Å². The fourth-order valence-electron chi connectivity index (χ4n) is 2.71. The number of methoxy groups -OCH3 is 3. The number of anilines is 1. The number of fused-ring (bicyclic) bond motifs is 1. The van der Waals surface area contributed by atoms with Crippen molar-refractivity contribution in [2.24, 2.45) is 0 Å². The van der Waals surface area contributed by atoms with Gasteiger partial charge in [-0.3, -0.25) is 0 Å². The summed E-state index contributed by atoms with van der Waals surface area (Å²) < 4.78 is 16.4. The second-order valence-corrected chi connectivity index (χ2v) is 7.05. The summed E-state index contributed by atoms with van der Waals surface area (Å²) in [6.07, 6.45) is 0.743. The molecule has 2 aromatic carbocycles. The molecule has 1 aliphatic heterocycles. The highest BCUT2D eigenvalue weighted by atomic mass is 32.2. The third-order valence-corrected chi connectivity index (χ3v) is 5.46. The third-order valence-electron chi connectivity index (χ3n) is 3.86. The van der Waals surface area contributed by atoms with E-state index in [0.717, 1.165) is 22.7 Å². The highest BCUT2D eigenvalue weighted by molar-refractivity contribution is 7.99. The number of hydrogen-bond acceptors (Lipinski definition) is 5. The zero-order chi connectivity index (χ0) is 17.1. The molecule has 126 valence electrons. The summed E-state index contributed by atoms with van der Waals surface area (Å²) in [4.78, 5) is 2.00. The van der Waals surface area contributed by atoms with Crippen LogP contribution >= 0.6 is 24.0 Å². The van der Waals surface area contributed by atoms with Crippen LogP contribution in [-0.4, -0.2) is 26.3 Å². The average Bonchev–Trinajstić information content (AvgIpc) is 2.78. The van der Waals surface area contributed by atoms with Gasteiger partial charge in [0.15, 0.2) is 11.5 Å². The van der Waals surface area contributed by atoms with Gasteiger partial charge in [-0.1, -0.05) is 24.4 Å². The minimum atomic E-state index is 0.169. The molecule has 3 rings (SSSR count). The van der Waals surface area contributed by atoms with Gasteiger partial charge in [0.2, 0.25) is 5.75 Å². The van der Waals surface area contributed by atoms with Crippen molar-refractivity contribution in [1.29, 1.82) is 0 Å². The first kappa shape index (κ1) is 16.9. The summed E-state index contributed by atoms with van der Waals surface area (Å²) in [6, 6.07) is 12.2. The summed E-state index contributed by atoms with van der Waals surface area (Å²) in [6.45, 7) is 0. The van der Waals surface area contributed by atoms with Crippen LogP contribution in [0.25, 0.3) is 0 Å². The van der Waals surface area contributed by atoms with Crippen molar-refractivity contribution in [3.63, 3.8) is 0 Å². The number of ether oxygens (including phenoxy) is 3. The molecule has 0 radical (unpaired) electrons. The number of para-hydroxylation sites is 1. The van der Waals surface area contributed by atoms with Gasteiger partial charge >= 0.3 is 0 Å². The molecule has 0 spiro atoms. The molecule has 6 heteroatoms. The van der Waals surface area contributed by atoms with Crippen LogP contribution in [0.4, 0.5) is 5.69 Å². The molecule has 0 saturated heterocycles. The van der Waals surface area contributed by atoms with Gasteiger partial charge < -0.3 is 19.5 Å². The van der Waals surface area contributed by atoms with Gasteiger partial charge in [0.1, 0.15) is 0 Å². The molecular formula is C18H19NO3S2. The van der Waals surface area contributed by atoms with Crippen molar-refractivity contribution in [2.45, 2.75) is 16.6 Å². The van der Waals surface area contributed by atoms with E-state index in [4.69, 9.17) is 26.4 Å². The van der Waals surface area contributed by atoms with Crippen LogP contribution in [0.3, 0.4) is 0 Å². The third kappa shape index (κ3) is 3.30. The van der Waals surface area contributed by atoms with Crippen molar-refractivity contribution in [1.82, 2.24) is 0 Å². The summed E-state index contributed by atoms with van der Waals surface area (Å²) in [5.74, 6) is 1.91. The number of hydrogen-bond donors (Lipinski definition) is 1. The lowest BCUT2D eigenvalue weighted by atomic mass is 10.1. The van der Waals surface area contributed by atoms with Gasteiger partial charge in [-0.2, -0.15) is 0 Å². The first-order valence-corrected chi connectivity index (χ1v) is 8.80. The Balaban J connectivity index is 2.03. The van der Waals surface area contributed by atoms with Gasteiger partial charge in [0.05, 0.1) is 32.0 Å². The Bertz CT molecular complexity index is 739. The molecule has 1 N–H and O–H groups in total. The van der Waals surface area contributed by atoms with Crippen molar-refractivity contribution in [3.05, 3.63) is 42.0 Å². The van der Waals surface area contributed by atoms with E-state index < -0.39 is 0 Å².